The van der Waals surface area contributed by atoms with E-state index in [0.29, 0.717) is 17.0 Å². The molecule has 1 aromatic rings. The summed E-state index contributed by atoms with van der Waals surface area (Å²) >= 11 is 0. The average Bonchev–Trinajstić information content (AvgIpc) is 3.34. The van der Waals surface area contributed by atoms with Crippen LogP contribution in [0.5, 0.6) is 0 Å². The number of ketones is 1. The second kappa shape index (κ2) is 8.78. The molecular weight excluding hydrogens is 455 g/mol. The van der Waals surface area contributed by atoms with Crippen LogP contribution in [0.1, 0.15) is 25.3 Å². The topological polar surface area (TPSA) is 146 Å². The van der Waals surface area contributed by atoms with E-state index in [9.17, 15) is 29.2 Å². The predicted octanol–water partition coefficient (Wildman–Crippen LogP) is 0.908. The minimum Gasteiger partial charge on any atom is -0.466 e. The molecule has 0 radical (unpaired) electrons. The number of fused-ring (bicyclic) bond motifs is 1. The molecule has 3 aliphatic rings. The first-order valence-electron chi connectivity index (χ1n) is 10.4. The van der Waals surface area contributed by atoms with Gasteiger partial charge in [0.1, 0.15) is 18.0 Å². The number of methoxy groups -OCH3 is 1. The van der Waals surface area contributed by atoms with E-state index in [0.717, 1.165) is 0 Å². The molecule has 2 N–H and O–H groups in total. The van der Waals surface area contributed by atoms with Crippen molar-refractivity contribution in [3.63, 3.8) is 0 Å². The maximum Gasteiger partial charge on any atom is 0.336 e. The summed E-state index contributed by atoms with van der Waals surface area (Å²) in [4.78, 5) is 41.9. The fourth-order valence-electron chi connectivity index (χ4n) is 4.79. The van der Waals surface area contributed by atoms with Gasteiger partial charge in [0.25, 0.3) is 5.09 Å². The van der Waals surface area contributed by atoms with E-state index in [4.69, 9.17) is 14.2 Å². The summed E-state index contributed by atoms with van der Waals surface area (Å²) in [6.07, 6.45) is -3.38. The van der Waals surface area contributed by atoms with Gasteiger partial charge < -0.3 is 29.5 Å². The lowest BCUT2D eigenvalue weighted by atomic mass is 9.74. The summed E-state index contributed by atoms with van der Waals surface area (Å²) in [6, 6.07) is 5.27. The molecule has 3 aliphatic heterocycles. The lowest BCUT2D eigenvalue weighted by molar-refractivity contribution is -0.769. The van der Waals surface area contributed by atoms with Crippen molar-refractivity contribution in [2.75, 3.05) is 20.3 Å². The van der Waals surface area contributed by atoms with Crippen LogP contribution in [0, 0.1) is 15.9 Å². The number of dihydropyridines is 1. The van der Waals surface area contributed by atoms with Gasteiger partial charge in [-0.25, -0.2) is 9.18 Å². The Morgan fingerprint density at radius 2 is 1.85 bits per heavy atom. The number of nitrogens with one attached hydrogen (secondary N) is 1. The number of rotatable bonds is 6. The van der Waals surface area contributed by atoms with Crippen LogP contribution in [0.3, 0.4) is 0 Å². The van der Waals surface area contributed by atoms with E-state index >= 15 is 0 Å². The first kappa shape index (κ1) is 23.8. The molecule has 11 nitrogen and oxygen atoms in total. The number of hydrogen-bond acceptors (Lipinski definition) is 10. The van der Waals surface area contributed by atoms with Gasteiger partial charge in [0.2, 0.25) is 0 Å². The van der Waals surface area contributed by atoms with E-state index < -0.39 is 59.1 Å². The Morgan fingerprint density at radius 3 is 2.47 bits per heavy atom. The number of esters is 1. The highest BCUT2D eigenvalue weighted by Gasteiger charge is 2.62. The zero-order chi connectivity index (χ0) is 24.8. The highest BCUT2D eigenvalue weighted by atomic mass is 19.1. The Balaban J connectivity index is 1.76. The second-order valence-electron chi connectivity index (χ2n) is 8.33. The summed E-state index contributed by atoms with van der Waals surface area (Å²) in [6.45, 7) is 2.49. The molecule has 0 spiro atoms. The summed E-state index contributed by atoms with van der Waals surface area (Å²) in [5.41, 5.74) is -0.846. The largest absolute Gasteiger partial charge is 0.466 e. The Morgan fingerprint density at radius 1 is 1.21 bits per heavy atom. The van der Waals surface area contributed by atoms with E-state index in [1.54, 1.807) is 13.8 Å². The van der Waals surface area contributed by atoms with Crippen LogP contribution in [0.15, 0.2) is 46.8 Å². The molecule has 0 aromatic heterocycles. The molecule has 4 rings (SSSR count). The number of Topliss-reactive ketones (excluding diaryl/α,β-unsaturated/α-hetero) is 1. The van der Waals surface area contributed by atoms with Crippen molar-refractivity contribution in [2.24, 2.45) is 0 Å². The van der Waals surface area contributed by atoms with E-state index in [1.807, 2.05) is 0 Å². The zero-order valence-corrected chi connectivity index (χ0v) is 18.6. The van der Waals surface area contributed by atoms with Crippen molar-refractivity contribution in [1.82, 2.24) is 5.32 Å². The Hall–Kier alpha value is -3.35. The highest BCUT2D eigenvalue weighted by molar-refractivity contribution is 6.07. The van der Waals surface area contributed by atoms with Crippen LogP contribution in [0.25, 0.3) is 0 Å². The number of ether oxygens (including phenoxy) is 3. The van der Waals surface area contributed by atoms with E-state index in [-0.39, 0.29) is 17.8 Å². The van der Waals surface area contributed by atoms with Crippen LogP contribution < -0.4 is 5.32 Å². The maximum absolute atomic E-state index is 13.9. The first-order chi connectivity index (χ1) is 16.1. The standard InChI is InChI=1S/C22H23FN2O9/c1-10-15(19(26)22(28)9-33-18-14(34-25(29)30)8-32-20(18)22)17(12-4-6-13(23)7-5-12)16(11(2)24-10)21(27)31-3/h4-7,14,17-18,20,24,28H,8-9H2,1-3H3/t14-,17?,18+,20-,22-/m0/s1. The molecule has 12 heteroatoms. The van der Waals surface area contributed by atoms with Crippen molar-refractivity contribution >= 4 is 11.8 Å². The second-order valence-corrected chi connectivity index (χ2v) is 8.33. The molecule has 1 aromatic carbocycles. The normalized spacial score (nSPS) is 30.6. The third-order valence-electron chi connectivity index (χ3n) is 6.30. The van der Waals surface area contributed by atoms with Gasteiger partial charge >= 0.3 is 5.97 Å². The van der Waals surface area contributed by atoms with Crippen LogP contribution in [-0.4, -0.2) is 66.2 Å². The Kier molecular flexibility index (Phi) is 6.14. The van der Waals surface area contributed by atoms with Gasteiger partial charge in [0.05, 0.1) is 25.9 Å². The number of nitrogens with zero attached hydrogens (tertiary/aromatic N) is 1. The van der Waals surface area contributed by atoms with E-state index in [2.05, 4.69) is 10.2 Å². The quantitative estimate of drug-likeness (QED) is 0.344. The van der Waals surface area contributed by atoms with Crippen molar-refractivity contribution < 1.29 is 43.2 Å². The first-order valence-corrected chi connectivity index (χ1v) is 10.4. The van der Waals surface area contributed by atoms with Crippen molar-refractivity contribution in [2.45, 2.75) is 43.7 Å². The minimum absolute atomic E-state index is 0.0339. The molecule has 1 unspecified atom stereocenters. The molecule has 3 heterocycles. The number of allylic oxidation sites excluding steroid dienone is 2. The maximum atomic E-state index is 13.9. The monoisotopic (exact) mass is 478 g/mol. The van der Waals surface area contributed by atoms with Gasteiger partial charge in [0, 0.05) is 22.9 Å². The van der Waals surface area contributed by atoms with Gasteiger partial charge in [-0.2, -0.15) is 0 Å². The zero-order valence-electron chi connectivity index (χ0n) is 18.6. The summed E-state index contributed by atoms with van der Waals surface area (Å²) in [7, 11) is 1.20. The van der Waals surface area contributed by atoms with Gasteiger partial charge in [-0.05, 0) is 31.5 Å². The SMILES string of the molecule is COC(=O)C1=C(C)NC(C)=C(C(=O)[C@@]2(O)CO[C@@H]3[C@@H](O[N+](=O)[O-])CO[C@@H]32)C1c1ccc(F)cc1. The number of halogens is 1. The van der Waals surface area contributed by atoms with Gasteiger partial charge in [-0.15, -0.1) is 10.1 Å². The third-order valence-corrected chi connectivity index (χ3v) is 6.30. The van der Waals surface area contributed by atoms with Gasteiger partial charge in [-0.1, -0.05) is 12.1 Å². The minimum atomic E-state index is -2.21. The molecule has 0 saturated carbocycles. The van der Waals surface area contributed by atoms with Crippen molar-refractivity contribution in [3.8, 4) is 0 Å². The summed E-state index contributed by atoms with van der Waals surface area (Å²) in [5.74, 6) is -3.00. The molecule has 34 heavy (non-hydrogen) atoms. The molecule has 0 aliphatic carbocycles. The lowest BCUT2D eigenvalue weighted by Gasteiger charge is -2.34. The molecule has 0 bridgehead atoms. The highest BCUT2D eigenvalue weighted by Crippen LogP contribution is 2.44. The summed E-state index contributed by atoms with van der Waals surface area (Å²) in [5, 5.41) is 24.2. The van der Waals surface area contributed by atoms with Crippen LogP contribution >= 0.6 is 0 Å². The molecular formula is C22H23FN2O9. The fourth-order valence-corrected chi connectivity index (χ4v) is 4.79. The van der Waals surface area contributed by atoms with Crippen LogP contribution in [0.2, 0.25) is 0 Å². The number of carbonyl (C=O) groups excluding carboxylic acids is 2. The molecule has 2 fully saturated rings. The lowest BCUT2D eigenvalue weighted by Crippen LogP contribution is -2.53. The summed E-state index contributed by atoms with van der Waals surface area (Å²) < 4.78 is 29.6. The molecule has 182 valence electrons. The number of carbonyl (C=O) groups is 2. The van der Waals surface area contributed by atoms with Crippen molar-refractivity contribution in [3.05, 3.63) is 68.3 Å². The van der Waals surface area contributed by atoms with Crippen LogP contribution in [0.4, 0.5) is 4.39 Å². The van der Waals surface area contributed by atoms with Crippen LogP contribution in [-0.2, 0) is 28.6 Å². The van der Waals surface area contributed by atoms with Crippen molar-refractivity contribution in [1.29, 1.82) is 0 Å². The molecule has 2 saturated heterocycles. The Bertz CT molecular complexity index is 1100. The smallest absolute Gasteiger partial charge is 0.336 e. The Labute approximate surface area is 193 Å². The third kappa shape index (κ3) is 3.83. The molecule has 5 atom stereocenters. The number of benzene rings is 1. The number of aliphatic hydroxyl groups is 1. The van der Waals surface area contributed by atoms with E-state index in [1.165, 1.54) is 31.4 Å². The van der Waals surface area contributed by atoms with Gasteiger partial charge in [0.15, 0.2) is 17.5 Å². The number of hydrogen-bond donors (Lipinski definition) is 2. The molecule has 0 amide bonds. The fraction of sp³-hybridized carbons (Fsp3) is 0.455. The van der Waals surface area contributed by atoms with Gasteiger partial charge in [-0.3, -0.25) is 4.79 Å². The average molecular weight is 478 g/mol. The predicted molar refractivity (Wildman–Crippen MR) is 111 cm³/mol.